The molecule has 4 rings (SSSR count). The van der Waals surface area contributed by atoms with Gasteiger partial charge in [0.15, 0.2) is 28.6 Å². The van der Waals surface area contributed by atoms with Gasteiger partial charge in [-0.2, -0.15) is 0 Å². The molecule has 1 unspecified atom stereocenters. The Morgan fingerprint density at radius 2 is 1.66 bits per heavy atom. The van der Waals surface area contributed by atoms with Crippen LogP contribution >= 0.6 is 0 Å². The highest BCUT2D eigenvalue weighted by molar-refractivity contribution is 6.16. The Morgan fingerprint density at radius 1 is 1.00 bits per heavy atom. The number of methoxy groups -OCH3 is 4. The van der Waals surface area contributed by atoms with E-state index in [1.54, 1.807) is 36.4 Å². The third kappa shape index (κ3) is 4.74. The van der Waals surface area contributed by atoms with Crippen molar-refractivity contribution in [3.63, 3.8) is 0 Å². The first-order chi connectivity index (χ1) is 18.2. The van der Waals surface area contributed by atoms with Crippen molar-refractivity contribution in [2.24, 2.45) is 0 Å². The molecule has 0 saturated carbocycles. The Kier molecular flexibility index (Phi) is 7.82. The third-order valence-electron chi connectivity index (χ3n) is 6.56. The molecule has 1 aliphatic heterocycles. The topological polar surface area (TPSA) is 115 Å². The summed E-state index contributed by atoms with van der Waals surface area (Å²) in [6, 6.07) is 9.14. The predicted molar refractivity (Wildman–Crippen MR) is 137 cm³/mol. The smallest absolute Gasteiger partial charge is 0.239 e. The molecule has 1 aromatic heterocycles. The first kappa shape index (κ1) is 26.9. The van der Waals surface area contributed by atoms with E-state index >= 15 is 0 Å². The highest BCUT2D eigenvalue weighted by Gasteiger charge is 2.41. The molecule has 1 amide bonds. The van der Waals surface area contributed by atoms with E-state index in [0.29, 0.717) is 46.0 Å². The summed E-state index contributed by atoms with van der Waals surface area (Å²) in [5.41, 5.74) is 0.665. The predicted octanol–water partition coefficient (Wildman–Crippen LogP) is 1.38. The molecular formula is C28H32N2O8. The van der Waals surface area contributed by atoms with Crippen LogP contribution in [0.4, 0.5) is 0 Å². The number of ketones is 1. The van der Waals surface area contributed by atoms with Crippen molar-refractivity contribution in [3.8, 4) is 23.0 Å². The number of Topliss-reactive ketones (excluding diaryl/α,β-unsaturated/α-hetero) is 1. The van der Waals surface area contributed by atoms with Gasteiger partial charge in [-0.1, -0.05) is 12.1 Å². The number of furan rings is 1. The lowest BCUT2D eigenvalue weighted by atomic mass is 9.94. The van der Waals surface area contributed by atoms with Gasteiger partial charge in [-0.3, -0.25) is 9.59 Å². The van der Waals surface area contributed by atoms with E-state index in [9.17, 15) is 14.7 Å². The fraction of sp³-hybridized carbons (Fsp3) is 0.357. The maximum absolute atomic E-state index is 13.9. The van der Waals surface area contributed by atoms with Gasteiger partial charge in [0.05, 0.1) is 55.1 Å². The summed E-state index contributed by atoms with van der Waals surface area (Å²) in [6.07, 6.45) is 0.631. The fourth-order valence-electron chi connectivity index (χ4n) is 4.75. The van der Waals surface area contributed by atoms with Crippen LogP contribution in [0, 0.1) is 0 Å². The average molecular weight is 525 g/mol. The first-order valence-electron chi connectivity index (χ1n) is 12.2. The molecule has 0 fully saturated rings. The summed E-state index contributed by atoms with van der Waals surface area (Å²) in [5, 5.41) is 14.0. The maximum Gasteiger partial charge on any atom is 0.239 e. The Labute approximate surface area is 220 Å². The second kappa shape index (κ2) is 11.1. The van der Waals surface area contributed by atoms with Crippen LogP contribution in [-0.2, 0) is 4.79 Å². The van der Waals surface area contributed by atoms with Gasteiger partial charge in [-0.15, -0.1) is 0 Å². The van der Waals surface area contributed by atoms with Crippen molar-refractivity contribution < 1.29 is 43.0 Å². The molecule has 1 aliphatic rings. The van der Waals surface area contributed by atoms with Gasteiger partial charge in [-0.05, 0) is 35.6 Å². The minimum absolute atomic E-state index is 0.0577. The number of quaternary nitrogens is 1. The molecule has 1 atom stereocenters. The van der Waals surface area contributed by atoms with Crippen molar-refractivity contribution in [2.75, 3.05) is 55.6 Å². The highest BCUT2D eigenvalue weighted by Crippen LogP contribution is 2.45. The molecule has 10 heteroatoms. The zero-order chi connectivity index (χ0) is 27.6. The number of ether oxygens (including phenoxy) is 4. The van der Waals surface area contributed by atoms with Gasteiger partial charge in [0.2, 0.25) is 17.4 Å². The molecule has 0 saturated heterocycles. The summed E-state index contributed by atoms with van der Waals surface area (Å²) in [7, 11) is 9.94. The van der Waals surface area contributed by atoms with Crippen LogP contribution in [0.15, 0.2) is 52.1 Å². The van der Waals surface area contributed by atoms with Crippen molar-refractivity contribution in [3.05, 3.63) is 59.1 Å². The van der Waals surface area contributed by atoms with E-state index in [0.717, 1.165) is 6.54 Å². The molecule has 3 aromatic rings. The van der Waals surface area contributed by atoms with Crippen LogP contribution in [0.1, 0.15) is 28.6 Å². The minimum Gasteiger partial charge on any atom is -0.868 e. The minimum atomic E-state index is -0.969. The van der Waals surface area contributed by atoms with Gasteiger partial charge >= 0.3 is 0 Å². The quantitative estimate of drug-likeness (QED) is 0.374. The molecule has 202 valence electrons. The molecule has 0 radical (unpaired) electrons. The molecule has 2 heterocycles. The Balaban J connectivity index is 1.85. The third-order valence-corrected chi connectivity index (χ3v) is 6.56. The molecule has 1 N–H and O–H groups in total. The van der Waals surface area contributed by atoms with Gasteiger partial charge < -0.3 is 38.3 Å². The number of amides is 1. The van der Waals surface area contributed by atoms with Crippen LogP contribution in [0.3, 0.4) is 0 Å². The lowest BCUT2D eigenvalue weighted by Crippen LogP contribution is -3.05. The number of carbonyl (C=O) groups excluding carboxylic acids is 2. The van der Waals surface area contributed by atoms with Crippen LogP contribution in [0.25, 0.3) is 11.0 Å². The largest absolute Gasteiger partial charge is 0.868 e. The second-order valence-electron chi connectivity index (χ2n) is 9.23. The van der Waals surface area contributed by atoms with E-state index in [1.807, 2.05) is 14.1 Å². The van der Waals surface area contributed by atoms with Crippen LogP contribution in [0.5, 0.6) is 23.0 Å². The zero-order valence-electron chi connectivity index (χ0n) is 22.4. The summed E-state index contributed by atoms with van der Waals surface area (Å²) in [4.78, 5) is 29.8. The Bertz CT molecular complexity index is 1370. The standard InChI is InChI=1S/C28H32N2O8/c1-29(2)11-8-12-30-23(17-14-20(35-4)27(37-6)21(15-17)36-5)22(25(32)28(30)33)24(31)19-13-16-9-7-10-18(34-3)26(16)38-19/h7,9-10,13-15,23,32H,8,11-12H2,1-6H3. The van der Waals surface area contributed by atoms with Gasteiger partial charge in [0, 0.05) is 23.9 Å². The fourth-order valence-corrected chi connectivity index (χ4v) is 4.75. The lowest BCUT2D eigenvalue weighted by Gasteiger charge is -2.28. The molecule has 0 spiro atoms. The first-order valence-corrected chi connectivity index (χ1v) is 12.2. The van der Waals surface area contributed by atoms with Crippen molar-refractivity contribution >= 4 is 22.7 Å². The molecule has 2 aromatic carbocycles. The molecule has 38 heavy (non-hydrogen) atoms. The lowest BCUT2D eigenvalue weighted by molar-refractivity contribution is -0.858. The summed E-state index contributed by atoms with van der Waals surface area (Å²) in [6.45, 7) is 1.05. The second-order valence-corrected chi connectivity index (χ2v) is 9.23. The van der Waals surface area contributed by atoms with E-state index < -0.39 is 23.5 Å². The Morgan fingerprint density at radius 3 is 2.24 bits per heavy atom. The normalized spacial score (nSPS) is 15.5. The van der Waals surface area contributed by atoms with Gasteiger partial charge in [-0.25, -0.2) is 0 Å². The Hall–Kier alpha value is -4.18. The molecule has 0 bridgehead atoms. The molecule has 0 aliphatic carbocycles. The summed E-state index contributed by atoms with van der Waals surface area (Å²) in [5.74, 6) is -0.839. The summed E-state index contributed by atoms with van der Waals surface area (Å²) < 4.78 is 27.6. The van der Waals surface area contributed by atoms with Crippen LogP contribution in [-0.4, -0.2) is 72.2 Å². The number of para-hydroxylation sites is 1. The monoisotopic (exact) mass is 524 g/mol. The number of rotatable bonds is 11. The number of carbonyl (C=O) groups is 2. The molecule has 10 nitrogen and oxygen atoms in total. The van der Waals surface area contributed by atoms with Crippen LogP contribution < -0.4 is 29.0 Å². The molecular weight excluding hydrogens is 492 g/mol. The van der Waals surface area contributed by atoms with Crippen LogP contribution in [0.2, 0.25) is 0 Å². The maximum atomic E-state index is 13.9. The average Bonchev–Trinajstić information content (AvgIpc) is 3.46. The highest BCUT2D eigenvalue weighted by atomic mass is 16.5. The number of hydrogen-bond donors (Lipinski definition) is 1. The van der Waals surface area contributed by atoms with Gasteiger partial charge in [0.1, 0.15) is 0 Å². The number of fused-ring (bicyclic) bond motifs is 1. The number of hydrogen-bond acceptors (Lipinski definition) is 8. The van der Waals surface area contributed by atoms with Gasteiger partial charge in [0.25, 0.3) is 0 Å². The van der Waals surface area contributed by atoms with Crippen molar-refractivity contribution in [1.29, 1.82) is 0 Å². The number of nitrogens with zero attached hydrogens (tertiary/aromatic N) is 1. The zero-order valence-corrected chi connectivity index (χ0v) is 22.4. The number of nitrogens with one attached hydrogen (secondary N) is 1. The SMILES string of the molecule is COc1cc(C2C(C(=O)c3cc4cccc(OC)c4o3)=C([O-])C(=O)N2CCC[NH+](C)C)cc(OC)c1OC. The van der Waals surface area contributed by atoms with E-state index in [4.69, 9.17) is 23.4 Å². The number of benzene rings is 2. The van der Waals surface area contributed by atoms with E-state index in [1.165, 1.54) is 38.2 Å². The summed E-state index contributed by atoms with van der Waals surface area (Å²) >= 11 is 0. The van der Waals surface area contributed by atoms with Crippen molar-refractivity contribution in [1.82, 2.24) is 4.90 Å². The van der Waals surface area contributed by atoms with E-state index in [2.05, 4.69) is 0 Å². The van der Waals surface area contributed by atoms with E-state index in [-0.39, 0.29) is 17.9 Å². The van der Waals surface area contributed by atoms with Crippen molar-refractivity contribution in [2.45, 2.75) is 12.5 Å².